The van der Waals surface area contributed by atoms with Crippen molar-refractivity contribution in [2.24, 2.45) is 14.1 Å². The Bertz CT molecular complexity index is 1350. The van der Waals surface area contributed by atoms with Crippen molar-refractivity contribution in [1.82, 2.24) is 24.8 Å². The Morgan fingerprint density at radius 3 is 2.33 bits per heavy atom. The van der Waals surface area contributed by atoms with Crippen LogP contribution in [0.15, 0.2) is 73.2 Å². The molecule has 8 heteroatoms. The largest absolute Gasteiger partial charge is 0.444 e. The number of amides is 2. The molecule has 0 unspecified atom stereocenters. The average molecular weight is 488 g/mol. The molecule has 2 atom stereocenters. The predicted octanol–water partition coefficient (Wildman–Crippen LogP) is 4.25. The Kier molecular flexibility index (Phi) is 7.15. The number of nitrogens with zero attached hydrogens (tertiary/aromatic N) is 3. The number of alkyl carbamates (subject to hydrolysis) is 1. The Balaban J connectivity index is 1.66. The molecular weight excluding hydrogens is 454 g/mol. The maximum Gasteiger partial charge on any atom is 0.408 e. The van der Waals surface area contributed by atoms with Crippen LogP contribution >= 0.6 is 0 Å². The van der Waals surface area contributed by atoms with Crippen LogP contribution in [0.4, 0.5) is 4.79 Å². The maximum absolute atomic E-state index is 13.8. The Labute approximate surface area is 211 Å². The smallest absolute Gasteiger partial charge is 0.408 e. The lowest BCUT2D eigenvalue weighted by atomic mass is 10.0. The summed E-state index contributed by atoms with van der Waals surface area (Å²) in [6, 6.07) is 16.3. The fourth-order valence-electron chi connectivity index (χ4n) is 4.31. The summed E-state index contributed by atoms with van der Waals surface area (Å²) in [5.74, 6) is 0.362. The lowest BCUT2D eigenvalue weighted by Gasteiger charge is -2.25. The van der Waals surface area contributed by atoms with Gasteiger partial charge < -0.3 is 24.5 Å². The van der Waals surface area contributed by atoms with Crippen molar-refractivity contribution in [1.29, 1.82) is 0 Å². The molecule has 0 fully saturated rings. The molecule has 0 aliphatic heterocycles. The number of ether oxygens (including phenoxy) is 1. The third kappa shape index (κ3) is 5.76. The first-order chi connectivity index (χ1) is 17.1. The Hall–Kier alpha value is -4.07. The molecular formula is C28H33N5O3. The summed E-state index contributed by atoms with van der Waals surface area (Å²) in [5, 5.41) is 6.96. The van der Waals surface area contributed by atoms with E-state index in [2.05, 4.69) is 15.6 Å². The first kappa shape index (κ1) is 25.0. The molecule has 2 aromatic heterocycles. The number of carbonyl (C=O) groups is 2. The molecule has 4 rings (SSSR count). The second-order valence-corrected chi connectivity index (χ2v) is 9.93. The van der Waals surface area contributed by atoms with Crippen molar-refractivity contribution >= 4 is 22.9 Å². The molecule has 0 aliphatic carbocycles. The number of fused-ring (bicyclic) bond motifs is 1. The molecule has 2 heterocycles. The molecule has 36 heavy (non-hydrogen) atoms. The summed E-state index contributed by atoms with van der Waals surface area (Å²) in [6.07, 6.45) is 5.19. The van der Waals surface area contributed by atoms with Crippen LogP contribution in [0.1, 0.15) is 43.8 Å². The predicted molar refractivity (Wildman–Crippen MR) is 139 cm³/mol. The SMILES string of the molecule is Cn1ccnc1[C@@H](NC(=O)[C@H](Cc1cn(C)c2ccccc12)NC(=O)OC(C)(C)C)c1ccccc1. The van der Waals surface area contributed by atoms with E-state index in [9.17, 15) is 9.59 Å². The highest BCUT2D eigenvalue weighted by Crippen LogP contribution is 2.24. The Morgan fingerprint density at radius 1 is 0.972 bits per heavy atom. The van der Waals surface area contributed by atoms with E-state index in [4.69, 9.17) is 4.74 Å². The number of nitrogens with one attached hydrogen (secondary N) is 2. The molecule has 0 spiro atoms. The van der Waals surface area contributed by atoms with Crippen LogP contribution in [-0.4, -0.2) is 37.8 Å². The number of aryl methyl sites for hydroxylation is 2. The number of rotatable bonds is 7. The van der Waals surface area contributed by atoms with E-state index in [1.807, 2.05) is 90.2 Å². The summed E-state index contributed by atoms with van der Waals surface area (Å²) >= 11 is 0. The van der Waals surface area contributed by atoms with Gasteiger partial charge >= 0.3 is 6.09 Å². The highest BCUT2D eigenvalue weighted by molar-refractivity contribution is 5.89. The van der Waals surface area contributed by atoms with E-state index in [-0.39, 0.29) is 5.91 Å². The zero-order chi connectivity index (χ0) is 25.9. The third-order valence-corrected chi connectivity index (χ3v) is 5.95. The van der Waals surface area contributed by atoms with Crippen LogP contribution in [0, 0.1) is 0 Å². The Morgan fingerprint density at radius 2 is 1.67 bits per heavy atom. The molecule has 188 valence electrons. The van der Waals surface area contributed by atoms with Gasteiger partial charge in [0.25, 0.3) is 0 Å². The van der Waals surface area contributed by atoms with Gasteiger partial charge in [-0.2, -0.15) is 0 Å². The van der Waals surface area contributed by atoms with Gasteiger partial charge in [0, 0.05) is 50.0 Å². The number of aromatic nitrogens is 3. The van der Waals surface area contributed by atoms with Gasteiger partial charge in [-0.25, -0.2) is 9.78 Å². The monoisotopic (exact) mass is 487 g/mol. The minimum absolute atomic E-state index is 0.300. The number of benzene rings is 2. The quantitative estimate of drug-likeness (QED) is 0.408. The van der Waals surface area contributed by atoms with Gasteiger partial charge in [-0.15, -0.1) is 0 Å². The highest BCUT2D eigenvalue weighted by Gasteiger charge is 2.29. The topological polar surface area (TPSA) is 90.2 Å². The van der Waals surface area contributed by atoms with Gasteiger partial charge in [-0.05, 0) is 38.0 Å². The maximum atomic E-state index is 13.8. The lowest BCUT2D eigenvalue weighted by Crippen LogP contribution is -2.50. The molecule has 2 aromatic carbocycles. The zero-order valence-corrected chi connectivity index (χ0v) is 21.4. The van der Waals surface area contributed by atoms with Crippen molar-refractivity contribution in [3.63, 3.8) is 0 Å². The van der Waals surface area contributed by atoms with Crippen LogP contribution in [-0.2, 0) is 30.0 Å². The summed E-state index contributed by atoms with van der Waals surface area (Å²) < 4.78 is 9.37. The molecule has 8 nitrogen and oxygen atoms in total. The summed E-state index contributed by atoms with van der Waals surface area (Å²) in [7, 11) is 3.85. The number of hydrogen-bond donors (Lipinski definition) is 2. The van der Waals surface area contributed by atoms with E-state index < -0.39 is 23.8 Å². The van der Waals surface area contributed by atoms with Crippen molar-refractivity contribution in [3.05, 3.63) is 90.1 Å². The van der Waals surface area contributed by atoms with Crippen molar-refractivity contribution < 1.29 is 14.3 Å². The van der Waals surface area contributed by atoms with Crippen molar-refractivity contribution in [3.8, 4) is 0 Å². The molecule has 0 radical (unpaired) electrons. The van der Waals surface area contributed by atoms with Crippen molar-refractivity contribution in [2.45, 2.75) is 44.9 Å². The van der Waals surface area contributed by atoms with Crippen LogP contribution in [0.25, 0.3) is 10.9 Å². The molecule has 2 amide bonds. The van der Waals surface area contributed by atoms with Gasteiger partial charge in [0.1, 0.15) is 23.5 Å². The fraction of sp³-hybridized carbons (Fsp3) is 0.321. The van der Waals surface area contributed by atoms with Gasteiger partial charge in [0.15, 0.2) is 0 Å². The minimum atomic E-state index is -0.864. The number of hydrogen-bond acceptors (Lipinski definition) is 4. The van der Waals surface area contributed by atoms with Crippen LogP contribution < -0.4 is 10.6 Å². The molecule has 4 aromatic rings. The molecule has 0 bridgehead atoms. The fourth-order valence-corrected chi connectivity index (χ4v) is 4.31. The molecule has 0 saturated heterocycles. The molecule has 0 aliphatic rings. The van der Waals surface area contributed by atoms with Gasteiger partial charge in [0.2, 0.25) is 5.91 Å². The van der Waals surface area contributed by atoms with Crippen LogP contribution in [0.3, 0.4) is 0 Å². The number of carbonyl (C=O) groups excluding carboxylic acids is 2. The summed E-state index contributed by atoms with van der Waals surface area (Å²) in [6.45, 7) is 5.37. The first-order valence-corrected chi connectivity index (χ1v) is 12.0. The summed E-state index contributed by atoms with van der Waals surface area (Å²) in [4.78, 5) is 31.0. The molecule has 0 saturated carbocycles. The number of imidazole rings is 1. The summed E-state index contributed by atoms with van der Waals surface area (Å²) in [5.41, 5.74) is 2.21. The van der Waals surface area contributed by atoms with Gasteiger partial charge in [-0.3, -0.25) is 4.79 Å². The number of para-hydroxylation sites is 1. The van der Waals surface area contributed by atoms with E-state index in [0.717, 1.165) is 22.0 Å². The van der Waals surface area contributed by atoms with Crippen LogP contribution in [0.5, 0.6) is 0 Å². The lowest BCUT2D eigenvalue weighted by molar-refractivity contribution is -0.123. The third-order valence-electron chi connectivity index (χ3n) is 5.95. The van der Waals surface area contributed by atoms with Gasteiger partial charge in [-0.1, -0.05) is 48.5 Å². The average Bonchev–Trinajstić information content (AvgIpc) is 3.39. The van der Waals surface area contributed by atoms with E-state index in [1.165, 1.54) is 0 Å². The second kappa shape index (κ2) is 10.3. The van der Waals surface area contributed by atoms with E-state index in [0.29, 0.717) is 12.2 Å². The van der Waals surface area contributed by atoms with E-state index in [1.54, 1.807) is 27.0 Å². The second-order valence-electron chi connectivity index (χ2n) is 9.93. The zero-order valence-electron chi connectivity index (χ0n) is 21.4. The van der Waals surface area contributed by atoms with Gasteiger partial charge in [0.05, 0.1) is 0 Å². The highest BCUT2D eigenvalue weighted by atomic mass is 16.6. The standard InChI is InChI=1S/C28H33N5O3/c1-28(2,3)36-27(35)30-22(17-20-18-33(5)23-14-10-9-13-21(20)23)26(34)31-24(19-11-7-6-8-12-19)25-29-15-16-32(25)4/h6-16,18,22,24H,17H2,1-5H3,(H,30,35)(H,31,34)/t22-,24-/m0/s1. The van der Waals surface area contributed by atoms with E-state index >= 15 is 0 Å². The molecule has 2 N–H and O–H groups in total. The normalized spacial score (nSPS) is 13.2. The minimum Gasteiger partial charge on any atom is -0.444 e. The van der Waals surface area contributed by atoms with Crippen LogP contribution in [0.2, 0.25) is 0 Å². The first-order valence-electron chi connectivity index (χ1n) is 12.0. The van der Waals surface area contributed by atoms with Crippen molar-refractivity contribution in [2.75, 3.05) is 0 Å².